The molecule has 4 rings (SSSR count). The highest BCUT2D eigenvalue weighted by molar-refractivity contribution is 7.99. The first-order valence-electron chi connectivity index (χ1n) is 10.5. The zero-order chi connectivity index (χ0) is 21.6. The second-order valence-electron chi connectivity index (χ2n) is 7.61. The summed E-state index contributed by atoms with van der Waals surface area (Å²) in [7, 11) is 3.85. The molecule has 9 nitrogen and oxygen atoms in total. The number of hydrogen-bond acceptors (Lipinski definition) is 9. The van der Waals surface area contributed by atoms with E-state index in [9.17, 15) is 0 Å². The fourth-order valence-corrected chi connectivity index (χ4v) is 3.91. The fourth-order valence-electron chi connectivity index (χ4n) is 3.29. The van der Waals surface area contributed by atoms with Crippen molar-refractivity contribution in [2.45, 2.75) is 31.3 Å². The van der Waals surface area contributed by atoms with Crippen molar-refractivity contribution in [2.24, 2.45) is 0 Å². The Balaban J connectivity index is 1.42. The Morgan fingerprint density at radius 1 is 1.03 bits per heavy atom. The van der Waals surface area contributed by atoms with Crippen molar-refractivity contribution in [3.05, 3.63) is 36.2 Å². The van der Waals surface area contributed by atoms with Crippen LogP contribution in [0.5, 0.6) is 5.75 Å². The lowest BCUT2D eigenvalue weighted by Crippen LogP contribution is -2.32. The van der Waals surface area contributed by atoms with E-state index in [-0.39, 0.29) is 0 Å². The van der Waals surface area contributed by atoms with Crippen LogP contribution in [0.1, 0.15) is 24.8 Å². The minimum Gasteiger partial charge on any atom is -0.492 e. The maximum atomic E-state index is 5.85. The molecule has 31 heavy (non-hydrogen) atoms. The molecular weight excluding hydrogens is 412 g/mol. The van der Waals surface area contributed by atoms with Gasteiger partial charge in [0.05, 0.1) is 6.61 Å². The molecule has 2 aromatic heterocycles. The average molecular weight is 441 g/mol. The number of para-hydroxylation sites is 1. The Morgan fingerprint density at radius 3 is 2.58 bits per heavy atom. The molecule has 3 aromatic rings. The van der Waals surface area contributed by atoms with Gasteiger partial charge >= 0.3 is 0 Å². The largest absolute Gasteiger partial charge is 0.492 e. The number of rotatable bonds is 8. The van der Waals surface area contributed by atoms with Gasteiger partial charge in [-0.2, -0.15) is 19.6 Å². The lowest BCUT2D eigenvalue weighted by atomic mass is 10.1. The lowest BCUT2D eigenvalue weighted by Gasteiger charge is -2.27. The van der Waals surface area contributed by atoms with Crippen LogP contribution in [-0.2, 0) is 0 Å². The lowest BCUT2D eigenvalue weighted by molar-refractivity contribution is 0.341. The summed E-state index contributed by atoms with van der Waals surface area (Å²) in [6.45, 7) is 4.56. The van der Waals surface area contributed by atoms with Crippen LogP contribution in [0.25, 0.3) is 5.95 Å². The molecule has 0 saturated carbocycles. The Labute approximate surface area is 186 Å². The molecule has 10 heteroatoms. The number of thioether (sulfide) groups is 1. The van der Waals surface area contributed by atoms with Crippen molar-refractivity contribution in [1.29, 1.82) is 0 Å². The molecular formula is C21H28N8OS. The molecule has 0 bridgehead atoms. The first kappa shape index (κ1) is 21.4. The van der Waals surface area contributed by atoms with Gasteiger partial charge in [-0.05, 0) is 37.8 Å². The van der Waals surface area contributed by atoms with Crippen molar-refractivity contribution in [2.75, 3.05) is 49.3 Å². The quantitative estimate of drug-likeness (QED) is 0.387. The van der Waals surface area contributed by atoms with Gasteiger partial charge in [0.2, 0.25) is 17.1 Å². The average Bonchev–Trinajstić information content (AvgIpc) is 3.27. The number of aryl methyl sites for hydroxylation is 1. The standard InChI is InChI=1S/C21H28N8OS/c1-16-9-5-6-10-17(16)30-13-14-31-21-22-15-29(26-21)20-24-18(27(2)3)23-19(25-20)28-11-7-4-8-12-28/h5-6,9-10,15H,4,7-8,11-14H2,1-3H3. The summed E-state index contributed by atoms with van der Waals surface area (Å²) in [5.41, 5.74) is 1.13. The molecule has 164 valence electrons. The van der Waals surface area contributed by atoms with E-state index in [1.807, 2.05) is 50.2 Å². The van der Waals surface area contributed by atoms with Crippen LogP contribution in [0, 0.1) is 6.92 Å². The topological polar surface area (TPSA) is 85.1 Å². The van der Waals surface area contributed by atoms with Crippen LogP contribution in [0.15, 0.2) is 35.7 Å². The summed E-state index contributed by atoms with van der Waals surface area (Å²) < 4.78 is 7.47. The molecule has 0 spiro atoms. The highest BCUT2D eigenvalue weighted by Gasteiger charge is 2.18. The van der Waals surface area contributed by atoms with E-state index in [0.29, 0.717) is 29.6 Å². The van der Waals surface area contributed by atoms with Crippen LogP contribution in [0.3, 0.4) is 0 Å². The van der Waals surface area contributed by atoms with Gasteiger partial charge in [-0.25, -0.2) is 4.98 Å². The van der Waals surface area contributed by atoms with Crippen LogP contribution in [0.2, 0.25) is 0 Å². The normalized spacial score (nSPS) is 14.0. The van der Waals surface area contributed by atoms with Gasteiger partial charge in [0.25, 0.3) is 5.95 Å². The maximum absolute atomic E-state index is 5.85. The zero-order valence-electron chi connectivity index (χ0n) is 18.2. The third-order valence-corrected chi connectivity index (χ3v) is 5.80. The second kappa shape index (κ2) is 9.95. The zero-order valence-corrected chi connectivity index (χ0v) is 19.0. The first-order chi connectivity index (χ1) is 15.1. The summed E-state index contributed by atoms with van der Waals surface area (Å²) >= 11 is 1.54. The molecule has 0 aliphatic carbocycles. The number of hydrogen-bond donors (Lipinski definition) is 0. The number of benzene rings is 1. The molecule has 1 saturated heterocycles. The van der Waals surface area contributed by atoms with E-state index < -0.39 is 0 Å². The molecule has 3 heterocycles. The number of anilines is 2. The minimum atomic E-state index is 0.481. The summed E-state index contributed by atoms with van der Waals surface area (Å²) in [4.78, 5) is 22.4. The van der Waals surface area contributed by atoms with E-state index in [1.165, 1.54) is 6.42 Å². The van der Waals surface area contributed by atoms with Crippen molar-refractivity contribution >= 4 is 23.7 Å². The van der Waals surface area contributed by atoms with Crippen LogP contribution in [-0.4, -0.2) is 69.3 Å². The van der Waals surface area contributed by atoms with E-state index in [2.05, 4.69) is 29.9 Å². The van der Waals surface area contributed by atoms with Gasteiger partial charge in [0, 0.05) is 32.9 Å². The maximum Gasteiger partial charge on any atom is 0.258 e. The Hall–Kier alpha value is -2.88. The van der Waals surface area contributed by atoms with E-state index in [0.717, 1.165) is 43.0 Å². The van der Waals surface area contributed by atoms with E-state index in [1.54, 1.807) is 22.8 Å². The molecule has 0 N–H and O–H groups in total. The third kappa shape index (κ3) is 5.43. The highest BCUT2D eigenvalue weighted by atomic mass is 32.2. The Kier molecular flexibility index (Phi) is 6.86. The smallest absolute Gasteiger partial charge is 0.258 e. The fraction of sp³-hybridized carbons (Fsp3) is 0.476. The molecule has 0 atom stereocenters. The van der Waals surface area contributed by atoms with Crippen LogP contribution in [0.4, 0.5) is 11.9 Å². The van der Waals surface area contributed by atoms with Gasteiger partial charge in [-0.3, -0.25) is 0 Å². The van der Waals surface area contributed by atoms with Crippen molar-refractivity contribution in [3.63, 3.8) is 0 Å². The van der Waals surface area contributed by atoms with Crippen molar-refractivity contribution < 1.29 is 4.74 Å². The van der Waals surface area contributed by atoms with E-state index in [4.69, 9.17) is 4.74 Å². The minimum absolute atomic E-state index is 0.481. The number of piperidine rings is 1. The van der Waals surface area contributed by atoms with Crippen LogP contribution >= 0.6 is 11.8 Å². The highest BCUT2D eigenvalue weighted by Crippen LogP contribution is 2.20. The molecule has 0 amide bonds. The number of ether oxygens (including phenoxy) is 1. The third-order valence-electron chi connectivity index (χ3n) is 4.98. The molecule has 1 aliphatic rings. The Morgan fingerprint density at radius 2 is 1.81 bits per heavy atom. The molecule has 1 fully saturated rings. The van der Waals surface area contributed by atoms with Crippen LogP contribution < -0.4 is 14.5 Å². The SMILES string of the molecule is Cc1ccccc1OCCSc1ncn(-c2nc(N(C)C)nc(N3CCCCC3)n2)n1. The predicted octanol–water partition coefficient (Wildman–Crippen LogP) is 2.99. The van der Waals surface area contributed by atoms with Gasteiger partial charge in [0.1, 0.15) is 12.1 Å². The molecule has 0 radical (unpaired) electrons. The molecule has 1 aliphatic heterocycles. The number of aromatic nitrogens is 6. The van der Waals surface area contributed by atoms with Gasteiger partial charge in [-0.15, -0.1) is 5.10 Å². The predicted molar refractivity (Wildman–Crippen MR) is 123 cm³/mol. The molecule has 1 aromatic carbocycles. The summed E-state index contributed by atoms with van der Waals surface area (Å²) in [6, 6.07) is 8.01. The van der Waals surface area contributed by atoms with Gasteiger partial charge in [0.15, 0.2) is 0 Å². The van der Waals surface area contributed by atoms with Gasteiger partial charge < -0.3 is 14.5 Å². The Bertz CT molecular complexity index is 1000. The first-order valence-corrected chi connectivity index (χ1v) is 11.5. The summed E-state index contributed by atoms with van der Waals surface area (Å²) in [6.07, 6.45) is 5.23. The number of nitrogens with zero attached hydrogens (tertiary/aromatic N) is 8. The summed E-state index contributed by atoms with van der Waals surface area (Å²) in [5.74, 6) is 3.45. The summed E-state index contributed by atoms with van der Waals surface area (Å²) in [5, 5.41) is 5.22. The molecule has 0 unspecified atom stereocenters. The van der Waals surface area contributed by atoms with Crippen molar-refractivity contribution in [1.82, 2.24) is 29.7 Å². The van der Waals surface area contributed by atoms with E-state index >= 15 is 0 Å². The second-order valence-corrected chi connectivity index (χ2v) is 8.67. The van der Waals surface area contributed by atoms with Gasteiger partial charge in [-0.1, -0.05) is 30.0 Å². The van der Waals surface area contributed by atoms with Crippen molar-refractivity contribution in [3.8, 4) is 11.7 Å². The monoisotopic (exact) mass is 440 g/mol.